The second kappa shape index (κ2) is 9.40. The van der Waals surface area contributed by atoms with E-state index in [1.807, 2.05) is 12.4 Å². The Morgan fingerprint density at radius 3 is 1.90 bits per heavy atom. The molecule has 0 bridgehead atoms. The third-order valence-electron chi connectivity index (χ3n) is 10.9. The Labute approximate surface area is 277 Å². The minimum absolute atomic E-state index is 0.544. The van der Waals surface area contributed by atoms with E-state index in [1.165, 1.54) is 93.2 Å². The maximum Gasteiger partial charge on any atom is 0.0735 e. The molecule has 1 aliphatic carbocycles. The lowest BCUT2D eigenvalue weighted by Gasteiger charge is -2.34. The molecule has 10 aromatic rings. The van der Waals surface area contributed by atoms with E-state index in [0.717, 1.165) is 0 Å². The van der Waals surface area contributed by atoms with Crippen LogP contribution in [0.25, 0.3) is 70.9 Å². The fourth-order valence-electron chi connectivity index (χ4n) is 9.03. The molecule has 222 valence electrons. The van der Waals surface area contributed by atoms with Gasteiger partial charge in [0.2, 0.25) is 0 Å². The van der Waals surface area contributed by atoms with Crippen LogP contribution in [0.5, 0.6) is 0 Å². The third kappa shape index (κ3) is 3.19. The summed E-state index contributed by atoms with van der Waals surface area (Å²) in [7, 11) is 0. The van der Waals surface area contributed by atoms with Crippen molar-refractivity contribution in [2.45, 2.75) is 5.41 Å². The molecular formula is C46H28N2. The van der Waals surface area contributed by atoms with Gasteiger partial charge in [0.25, 0.3) is 0 Å². The smallest absolute Gasteiger partial charge is 0.0735 e. The zero-order valence-electron chi connectivity index (χ0n) is 26.1. The van der Waals surface area contributed by atoms with Crippen LogP contribution in [0.3, 0.4) is 0 Å². The van der Waals surface area contributed by atoms with Crippen molar-refractivity contribution in [3.05, 3.63) is 192 Å². The van der Waals surface area contributed by atoms with Gasteiger partial charge in [-0.2, -0.15) is 0 Å². The van der Waals surface area contributed by atoms with Gasteiger partial charge in [0.1, 0.15) is 0 Å². The highest BCUT2D eigenvalue weighted by atomic mass is 15.0. The first-order valence-corrected chi connectivity index (χ1v) is 16.6. The average Bonchev–Trinajstić information content (AvgIpc) is 3.66. The summed E-state index contributed by atoms with van der Waals surface area (Å²) < 4.78 is 2.54. The van der Waals surface area contributed by atoms with Crippen molar-refractivity contribution in [1.82, 2.24) is 9.55 Å². The number of benzene rings is 8. The second-order valence-electron chi connectivity index (χ2n) is 13.1. The summed E-state index contributed by atoms with van der Waals surface area (Å²) in [6.45, 7) is 0. The summed E-state index contributed by atoms with van der Waals surface area (Å²) in [5, 5.41) is 10.3. The van der Waals surface area contributed by atoms with E-state index in [9.17, 15) is 0 Å². The number of aromatic nitrogens is 2. The summed E-state index contributed by atoms with van der Waals surface area (Å²) >= 11 is 0. The maximum atomic E-state index is 4.48. The summed E-state index contributed by atoms with van der Waals surface area (Å²) in [6, 6.07) is 58.6. The SMILES string of the molecule is c1ccc(C2(c3ccncc3)c3ccccc3-c3ccc4c5ccccc5n(-c5cc6ccc7cccc8ccc(c5)c6c78)c4c32)cc1. The molecule has 0 saturated carbocycles. The first-order valence-electron chi connectivity index (χ1n) is 16.6. The predicted octanol–water partition coefficient (Wildman–Crippen LogP) is 11.4. The highest BCUT2D eigenvalue weighted by molar-refractivity contribution is 6.24. The Hall–Kier alpha value is -6.25. The largest absolute Gasteiger partial charge is 0.309 e. The standard InChI is InChI=1S/C46H28N2/c1-2-11-33(12-3-1)46(34-23-25-47-26-24-34)40-15-6-4-13-36(40)38-21-22-39-37-14-5-7-16-41(37)48(45(39)44(38)46)35-27-31-19-17-29-9-8-10-30-18-20-32(28-35)43(31)42(29)30/h1-28H. The lowest BCUT2D eigenvalue weighted by atomic mass is 9.67. The molecule has 8 aromatic carbocycles. The average molecular weight is 609 g/mol. The van der Waals surface area contributed by atoms with E-state index in [0.29, 0.717) is 0 Å². The normalized spacial score (nSPS) is 15.6. The maximum absolute atomic E-state index is 4.48. The van der Waals surface area contributed by atoms with Crippen molar-refractivity contribution in [1.29, 1.82) is 0 Å². The van der Waals surface area contributed by atoms with E-state index in [1.54, 1.807) is 0 Å². The van der Waals surface area contributed by atoms with Crippen LogP contribution in [0.2, 0.25) is 0 Å². The van der Waals surface area contributed by atoms with Crippen molar-refractivity contribution in [3.63, 3.8) is 0 Å². The number of para-hydroxylation sites is 1. The van der Waals surface area contributed by atoms with Crippen LogP contribution in [-0.4, -0.2) is 9.55 Å². The van der Waals surface area contributed by atoms with E-state index in [-0.39, 0.29) is 0 Å². The fraction of sp³-hybridized carbons (Fsp3) is 0.0217. The predicted molar refractivity (Wildman–Crippen MR) is 200 cm³/mol. The lowest BCUT2D eigenvalue weighted by Crippen LogP contribution is -2.29. The second-order valence-corrected chi connectivity index (χ2v) is 13.1. The summed E-state index contributed by atoms with van der Waals surface area (Å²) in [6.07, 6.45) is 3.88. The molecule has 0 N–H and O–H groups in total. The van der Waals surface area contributed by atoms with Gasteiger partial charge in [-0.3, -0.25) is 4.98 Å². The Morgan fingerprint density at radius 1 is 0.458 bits per heavy atom. The molecule has 2 heterocycles. The molecule has 1 aliphatic rings. The monoisotopic (exact) mass is 608 g/mol. The van der Waals surface area contributed by atoms with E-state index in [4.69, 9.17) is 0 Å². The highest BCUT2D eigenvalue weighted by Crippen LogP contribution is 2.59. The number of rotatable bonds is 3. The lowest BCUT2D eigenvalue weighted by molar-refractivity contribution is 0.769. The molecule has 0 fully saturated rings. The number of hydrogen-bond acceptors (Lipinski definition) is 1. The van der Waals surface area contributed by atoms with Crippen molar-refractivity contribution in [2.24, 2.45) is 0 Å². The molecule has 11 rings (SSSR count). The Bertz CT molecular complexity index is 2780. The minimum Gasteiger partial charge on any atom is -0.309 e. The number of hydrogen-bond donors (Lipinski definition) is 0. The minimum atomic E-state index is -0.544. The Kier molecular flexibility index (Phi) is 5.07. The van der Waals surface area contributed by atoms with Gasteiger partial charge in [-0.15, -0.1) is 0 Å². The van der Waals surface area contributed by atoms with Gasteiger partial charge >= 0.3 is 0 Å². The van der Waals surface area contributed by atoms with E-state index < -0.39 is 5.41 Å². The Morgan fingerprint density at radius 2 is 1.10 bits per heavy atom. The van der Waals surface area contributed by atoms with Crippen molar-refractivity contribution < 1.29 is 0 Å². The van der Waals surface area contributed by atoms with Crippen LogP contribution in [0.15, 0.2) is 170 Å². The van der Waals surface area contributed by atoms with Crippen LogP contribution in [0.4, 0.5) is 0 Å². The summed E-state index contributed by atoms with van der Waals surface area (Å²) in [5.41, 5.74) is 10.7. The highest BCUT2D eigenvalue weighted by Gasteiger charge is 2.48. The number of pyridine rings is 1. The molecule has 48 heavy (non-hydrogen) atoms. The molecule has 2 heteroatoms. The first kappa shape index (κ1) is 25.9. The molecule has 1 unspecified atom stereocenters. The summed E-state index contributed by atoms with van der Waals surface area (Å²) in [5.74, 6) is 0. The van der Waals surface area contributed by atoms with Crippen LogP contribution in [0, 0.1) is 0 Å². The van der Waals surface area contributed by atoms with Gasteiger partial charge in [-0.25, -0.2) is 0 Å². The zero-order valence-corrected chi connectivity index (χ0v) is 26.1. The van der Waals surface area contributed by atoms with Crippen molar-refractivity contribution in [2.75, 3.05) is 0 Å². The van der Waals surface area contributed by atoms with Gasteiger partial charge in [0.15, 0.2) is 0 Å². The third-order valence-corrected chi connectivity index (χ3v) is 10.9. The van der Waals surface area contributed by atoms with Gasteiger partial charge in [0.05, 0.1) is 16.4 Å². The van der Waals surface area contributed by atoms with Gasteiger partial charge < -0.3 is 4.57 Å². The summed E-state index contributed by atoms with van der Waals surface area (Å²) in [4.78, 5) is 4.48. The molecule has 0 amide bonds. The van der Waals surface area contributed by atoms with Gasteiger partial charge in [-0.1, -0.05) is 127 Å². The van der Waals surface area contributed by atoms with Crippen LogP contribution >= 0.6 is 0 Å². The van der Waals surface area contributed by atoms with Gasteiger partial charge in [0, 0.05) is 34.4 Å². The van der Waals surface area contributed by atoms with Crippen molar-refractivity contribution >= 4 is 54.1 Å². The molecule has 0 radical (unpaired) electrons. The molecular weight excluding hydrogens is 581 g/mol. The molecule has 0 saturated heterocycles. The number of nitrogens with zero attached hydrogens (tertiary/aromatic N) is 2. The fourth-order valence-corrected chi connectivity index (χ4v) is 9.03. The Balaban J connectivity index is 1.35. The topological polar surface area (TPSA) is 17.8 Å². The van der Waals surface area contributed by atoms with Crippen LogP contribution in [-0.2, 0) is 5.41 Å². The van der Waals surface area contributed by atoms with Gasteiger partial charge in [-0.05, 0) is 90.5 Å². The van der Waals surface area contributed by atoms with E-state index >= 15 is 0 Å². The number of fused-ring (bicyclic) bond motifs is 7. The van der Waals surface area contributed by atoms with Crippen LogP contribution in [0.1, 0.15) is 22.3 Å². The first-order chi connectivity index (χ1) is 23.8. The van der Waals surface area contributed by atoms with Crippen LogP contribution < -0.4 is 0 Å². The van der Waals surface area contributed by atoms with E-state index in [2.05, 4.69) is 167 Å². The zero-order chi connectivity index (χ0) is 31.4. The molecule has 2 nitrogen and oxygen atoms in total. The molecule has 2 aromatic heterocycles. The molecule has 0 spiro atoms. The van der Waals surface area contributed by atoms with Crippen molar-refractivity contribution in [3.8, 4) is 16.8 Å². The molecule has 1 atom stereocenters. The molecule has 0 aliphatic heterocycles. The quantitative estimate of drug-likeness (QED) is 0.183.